The summed E-state index contributed by atoms with van der Waals surface area (Å²) in [4.78, 5) is 26.1. The van der Waals surface area contributed by atoms with Gasteiger partial charge in [-0.3, -0.25) is 4.79 Å². The molecule has 0 saturated carbocycles. The van der Waals surface area contributed by atoms with Gasteiger partial charge in [-0.2, -0.15) is 0 Å². The molecule has 1 aliphatic heterocycles. The number of ether oxygens (including phenoxy) is 1. The number of piperidine rings is 1. The van der Waals surface area contributed by atoms with Gasteiger partial charge in [0, 0.05) is 29.7 Å². The van der Waals surface area contributed by atoms with Gasteiger partial charge in [-0.15, -0.1) is 0 Å². The van der Waals surface area contributed by atoms with Crippen LogP contribution in [0.15, 0.2) is 48.5 Å². The third-order valence-corrected chi connectivity index (χ3v) is 5.32. The third-order valence-electron chi connectivity index (χ3n) is 5.06. The SMILES string of the molecule is COc1ccc(C2CCN(C(=O)CO)CC2NC(=O)Nc2ccc(Cl)cc2)cc1. The number of likely N-dealkylation sites (tertiary alicyclic amines) is 1. The fourth-order valence-electron chi connectivity index (χ4n) is 3.54. The number of rotatable bonds is 5. The van der Waals surface area contributed by atoms with Gasteiger partial charge in [-0.25, -0.2) is 4.79 Å². The third kappa shape index (κ3) is 5.40. The number of hydrogen-bond acceptors (Lipinski definition) is 4. The van der Waals surface area contributed by atoms with E-state index < -0.39 is 6.61 Å². The maximum Gasteiger partial charge on any atom is 0.319 e. The first-order chi connectivity index (χ1) is 14.0. The van der Waals surface area contributed by atoms with Crippen molar-refractivity contribution in [3.63, 3.8) is 0 Å². The molecule has 3 rings (SSSR count). The Morgan fingerprint density at radius 2 is 1.86 bits per heavy atom. The Bertz CT molecular complexity index is 842. The summed E-state index contributed by atoms with van der Waals surface area (Å²) in [6.07, 6.45) is 0.671. The molecule has 7 nitrogen and oxygen atoms in total. The number of methoxy groups -OCH3 is 1. The van der Waals surface area contributed by atoms with Crippen molar-refractivity contribution in [3.8, 4) is 5.75 Å². The Kier molecular flexibility index (Phi) is 6.95. The molecule has 0 radical (unpaired) electrons. The van der Waals surface area contributed by atoms with Crippen molar-refractivity contribution in [3.05, 3.63) is 59.1 Å². The number of aliphatic hydroxyl groups is 1. The van der Waals surface area contributed by atoms with Gasteiger partial charge in [0.25, 0.3) is 0 Å². The minimum Gasteiger partial charge on any atom is -0.497 e. The van der Waals surface area contributed by atoms with Gasteiger partial charge in [0.1, 0.15) is 12.4 Å². The molecule has 1 saturated heterocycles. The van der Waals surface area contributed by atoms with E-state index in [2.05, 4.69) is 10.6 Å². The van der Waals surface area contributed by atoms with E-state index in [1.54, 1.807) is 36.3 Å². The van der Waals surface area contributed by atoms with Crippen molar-refractivity contribution in [2.45, 2.75) is 18.4 Å². The summed E-state index contributed by atoms with van der Waals surface area (Å²) in [5.41, 5.74) is 1.67. The number of carbonyl (C=O) groups excluding carboxylic acids is 2. The molecule has 1 fully saturated rings. The molecule has 0 aliphatic carbocycles. The first kappa shape index (κ1) is 21.0. The summed E-state index contributed by atoms with van der Waals surface area (Å²) in [5.74, 6) is 0.439. The average molecular weight is 418 g/mol. The maximum absolute atomic E-state index is 12.6. The van der Waals surface area contributed by atoms with Crippen LogP contribution in [-0.4, -0.2) is 54.8 Å². The Morgan fingerprint density at radius 1 is 1.17 bits per heavy atom. The Balaban J connectivity index is 1.74. The Hall–Kier alpha value is -2.77. The predicted molar refractivity (Wildman–Crippen MR) is 111 cm³/mol. The molecule has 3 amide bonds. The molecule has 1 heterocycles. The normalized spacial score (nSPS) is 18.8. The van der Waals surface area contributed by atoms with Gasteiger partial charge in [-0.05, 0) is 48.4 Å². The molecular weight excluding hydrogens is 394 g/mol. The smallest absolute Gasteiger partial charge is 0.319 e. The number of halogens is 1. The van der Waals surface area contributed by atoms with E-state index in [1.165, 1.54) is 0 Å². The summed E-state index contributed by atoms with van der Waals surface area (Å²) in [6, 6.07) is 13.8. The van der Waals surface area contributed by atoms with E-state index in [1.807, 2.05) is 24.3 Å². The zero-order chi connectivity index (χ0) is 20.8. The van der Waals surface area contributed by atoms with E-state index >= 15 is 0 Å². The number of amides is 3. The number of benzene rings is 2. The van der Waals surface area contributed by atoms with E-state index in [4.69, 9.17) is 16.3 Å². The number of anilines is 1. The van der Waals surface area contributed by atoms with Gasteiger partial charge >= 0.3 is 6.03 Å². The van der Waals surface area contributed by atoms with E-state index in [9.17, 15) is 14.7 Å². The first-order valence-electron chi connectivity index (χ1n) is 9.36. The van der Waals surface area contributed by atoms with Crippen LogP contribution in [0, 0.1) is 0 Å². The molecule has 2 aromatic rings. The van der Waals surface area contributed by atoms with Crippen molar-refractivity contribution < 1.29 is 19.4 Å². The molecule has 2 atom stereocenters. The minimum absolute atomic E-state index is 0.0274. The zero-order valence-corrected chi connectivity index (χ0v) is 16.9. The molecule has 3 N–H and O–H groups in total. The second-order valence-corrected chi connectivity index (χ2v) is 7.31. The lowest BCUT2D eigenvalue weighted by Gasteiger charge is -2.39. The molecule has 0 aromatic heterocycles. The molecule has 0 spiro atoms. The van der Waals surface area contributed by atoms with Gasteiger partial charge in [-0.1, -0.05) is 23.7 Å². The van der Waals surface area contributed by atoms with Crippen molar-refractivity contribution >= 4 is 29.2 Å². The Morgan fingerprint density at radius 3 is 2.48 bits per heavy atom. The van der Waals surface area contributed by atoms with Gasteiger partial charge in [0.2, 0.25) is 5.91 Å². The van der Waals surface area contributed by atoms with E-state index in [0.29, 0.717) is 30.2 Å². The van der Waals surface area contributed by atoms with Crippen LogP contribution in [0.5, 0.6) is 5.75 Å². The van der Waals surface area contributed by atoms with Crippen LogP contribution in [0.25, 0.3) is 0 Å². The highest BCUT2D eigenvalue weighted by molar-refractivity contribution is 6.30. The lowest BCUT2D eigenvalue weighted by Crippen LogP contribution is -2.54. The van der Waals surface area contributed by atoms with E-state index in [0.717, 1.165) is 11.3 Å². The lowest BCUT2D eigenvalue weighted by molar-refractivity contribution is -0.135. The second-order valence-electron chi connectivity index (χ2n) is 6.88. The lowest BCUT2D eigenvalue weighted by atomic mass is 9.85. The van der Waals surface area contributed by atoms with Gasteiger partial charge in [0.05, 0.1) is 13.2 Å². The second kappa shape index (κ2) is 9.62. The summed E-state index contributed by atoms with van der Waals surface area (Å²) in [7, 11) is 1.61. The molecular formula is C21H24ClN3O4. The van der Waals surface area contributed by atoms with Crippen molar-refractivity contribution in [2.75, 3.05) is 32.1 Å². The van der Waals surface area contributed by atoms with Gasteiger partial charge in [0.15, 0.2) is 0 Å². The highest BCUT2D eigenvalue weighted by Crippen LogP contribution is 2.30. The number of aliphatic hydroxyl groups excluding tert-OH is 1. The monoisotopic (exact) mass is 417 g/mol. The van der Waals surface area contributed by atoms with E-state index in [-0.39, 0.29) is 23.9 Å². The fourth-order valence-corrected chi connectivity index (χ4v) is 3.67. The fraction of sp³-hybridized carbons (Fsp3) is 0.333. The minimum atomic E-state index is -0.545. The highest BCUT2D eigenvalue weighted by atomic mass is 35.5. The first-order valence-corrected chi connectivity index (χ1v) is 9.73. The Labute approximate surface area is 174 Å². The van der Waals surface area contributed by atoms with Crippen LogP contribution in [-0.2, 0) is 4.79 Å². The molecule has 2 aromatic carbocycles. The van der Waals surface area contributed by atoms with Gasteiger partial charge < -0.3 is 25.4 Å². The summed E-state index contributed by atoms with van der Waals surface area (Å²) < 4.78 is 5.22. The maximum atomic E-state index is 12.6. The molecule has 2 unspecified atom stereocenters. The predicted octanol–water partition coefficient (Wildman–Crippen LogP) is 2.85. The average Bonchev–Trinajstić information content (AvgIpc) is 2.75. The van der Waals surface area contributed by atoms with Crippen molar-refractivity contribution in [1.29, 1.82) is 0 Å². The summed E-state index contributed by atoms with van der Waals surface area (Å²) in [6.45, 7) is 0.300. The summed E-state index contributed by atoms with van der Waals surface area (Å²) in [5, 5.41) is 15.5. The largest absolute Gasteiger partial charge is 0.497 e. The molecule has 29 heavy (non-hydrogen) atoms. The number of hydrogen-bond donors (Lipinski definition) is 3. The standard InChI is InChI=1S/C21H24ClN3O4/c1-29-17-8-2-14(3-9-17)18-10-11-25(20(27)13-26)12-19(18)24-21(28)23-16-6-4-15(22)5-7-16/h2-9,18-19,26H,10-13H2,1H3,(H2,23,24,28). The topological polar surface area (TPSA) is 90.9 Å². The number of nitrogens with zero attached hydrogens (tertiary/aromatic N) is 1. The van der Waals surface area contributed by atoms with Crippen LogP contribution < -0.4 is 15.4 Å². The van der Waals surface area contributed by atoms with Crippen molar-refractivity contribution in [2.24, 2.45) is 0 Å². The van der Waals surface area contributed by atoms with Crippen LogP contribution in [0.1, 0.15) is 17.9 Å². The molecule has 1 aliphatic rings. The van der Waals surface area contributed by atoms with Crippen molar-refractivity contribution in [1.82, 2.24) is 10.2 Å². The highest BCUT2D eigenvalue weighted by Gasteiger charge is 2.33. The quantitative estimate of drug-likeness (QED) is 0.697. The van der Waals surface area contributed by atoms with Crippen LogP contribution in [0.3, 0.4) is 0 Å². The zero-order valence-electron chi connectivity index (χ0n) is 16.1. The van der Waals surface area contributed by atoms with Crippen LogP contribution >= 0.6 is 11.6 Å². The molecule has 0 bridgehead atoms. The number of nitrogens with one attached hydrogen (secondary N) is 2. The number of urea groups is 1. The molecule has 8 heteroatoms. The number of carbonyl (C=O) groups is 2. The molecule has 154 valence electrons. The van der Waals surface area contributed by atoms with Crippen LogP contribution in [0.2, 0.25) is 5.02 Å². The summed E-state index contributed by atoms with van der Waals surface area (Å²) >= 11 is 5.88. The van der Waals surface area contributed by atoms with Crippen LogP contribution in [0.4, 0.5) is 10.5 Å².